The number of rotatable bonds is 4. The van der Waals surface area contributed by atoms with Crippen molar-refractivity contribution in [1.29, 1.82) is 0 Å². The summed E-state index contributed by atoms with van der Waals surface area (Å²) in [6.07, 6.45) is 5.27. The van der Waals surface area contributed by atoms with Crippen LogP contribution in [0.15, 0.2) is 18.2 Å². The van der Waals surface area contributed by atoms with Crippen LogP contribution in [0.5, 0.6) is 5.75 Å². The average Bonchev–Trinajstić information content (AvgIpc) is 2.27. The Bertz CT molecular complexity index is 374. The van der Waals surface area contributed by atoms with Crippen LogP contribution in [-0.2, 0) is 6.54 Å². The molecule has 2 atom stereocenters. The van der Waals surface area contributed by atoms with Gasteiger partial charge in [0.15, 0.2) is 0 Å². The van der Waals surface area contributed by atoms with E-state index < -0.39 is 0 Å². The van der Waals surface area contributed by atoms with Crippen LogP contribution in [0.3, 0.4) is 0 Å². The van der Waals surface area contributed by atoms with Crippen LogP contribution in [0.25, 0.3) is 0 Å². The van der Waals surface area contributed by atoms with Crippen LogP contribution >= 0.6 is 0 Å². The van der Waals surface area contributed by atoms with E-state index in [-0.39, 0.29) is 11.6 Å². The normalized spacial score (nSPS) is 24.1. The first kappa shape index (κ1) is 13.3. The molecule has 1 aromatic rings. The van der Waals surface area contributed by atoms with Crippen molar-refractivity contribution < 1.29 is 9.50 Å². The largest absolute Gasteiger partial charge is 0.508 e. The zero-order chi connectivity index (χ0) is 13.0. The van der Waals surface area contributed by atoms with E-state index in [0.29, 0.717) is 6.54 Å². The van der Waals surface area contributed by atoms with Gasteiger partial charge in [0, 0.05) is 12.6 Å². The minimum atomic E-state index is -0.377. The van der Waals surface area contributed by atoms with Crippen molar-refractivity contribution in [2.24, 2.45) is 11.8 Å². The molecule has 1 saturated carbocycles. The smallest absolute Gasteiger partial charge is 0.127 e. The molecule has 0 amide bonds. The third kappa shape index (κ3) is 3.98. The lowest BCUT2D eigenvalue weighted by atomic mass is 9.82. The van der Waals surface area contributed by atoms with Gasteiger partial charge in [-0.1, -0.05) is 19.8 Å². The maximum absolute atomic E-state index is 13.1. The van der Waals surface area contributed by atoms with Gasteiger partial charge in [-0.25, -0.2) is 4.39 Å². The quantitative estimate of drug-likeness (QED) is 0.859. The van der Waals surface area contributed by atoms with E-state index in [1.807, 2.05) is 0 Å². The molecule has 0 heterocycles. The van der Waals surface area contributed by atoms with Gasteiger partial charge in [-0.2, -0.15) is 0 Å². The lowest BCUT2D eigenvalue weighted by molar-refractivity contribution is 0.274. The van der Waals surface area contributed by atoms with E-state index in [2.05, 4.69) is 12.2 Å². The molecule has 2 N–H and O–H groups in total. The summed E-state index contributed by atoms with van der Waals surface area (Å²) in [5, 5.41) is 12.7. The predicted octanol–water partition coefficient (Wildman–Crippen LogP) is 3.45. The maximum atomic E-state index is 13.1. The Kier molecular flexibility index (Phi) is 4.59. The summed E-state index contributed by atoms with van der Waals surface area (Å²) in [7, 11) is 0. The topological polar surface area (TPSA) is 32.3 Å². The minimum Gasteiger partial charge on any atom is -0.508 e. The highest BCUT2D eigenvalue weighted by Gasteiger charge is 2.18. The zero-order valence-corrected chi connectivity index (χ0v) is 11.0. The number of hydrogen-bond donors (Lipinski definition) is 2. The van der Waals surface area contributed by atoms with Gasteiger partial charge in [-0.05, 0) is 48.9 Å². The second-order valence-corrected chi connectivity index (χ2v) is 5.59. The van der Waals surface area contributed by atoms with Crippen molar-refractivity contribution in [1.82, 2.24) is 5.32 Å². The van der Waals surface area contributed by atoms with Gasteiger partial charge in [0.05, 0.1) is 0 Å². The van der Waals surface area contributed by atoms with Gasteiger partial charge < -0.3 is 10.4 Å². The fourth-order valence-corrected chi connectivity index (χ4v) is 2.90. The highest BCUT2D eigenvalue weighted by Crippen LogP contribution is 2.28. The summed E-state index contributed by atoms with van der Waals surface area (Å²) >= 11 is 0. The number of nitrogens with one attached hydrogen (secondary N) is 1. The van der Waals surface area contributed by atoms with Gasteiger partial charge >= 0.3 is 0 Å². The standard InChI is InChI=1S/C15H22FNO/c1-11-3-2-4-12(5-11)9-17-10-13-6-14(16)8-15(18)7-13/h6-8,11-12,17-18H,2-5,9-10H2,1H3. The molecule has 2 rings (SSSR count). The number of aromatic hydroxyl groups is 1. The van der Waals surface area contributed by atoms with Gasteiger partial charge in [-0.3, -0.25) is 0 Å². The van der Waals surface area contributed by atoms with Crippen molar-refractivity contribution in [3.63, 3.8) is 0 Å². The number of halogens is 1. The fourth-order valence-electron chi connectivity index (χ4n) is 2.90. The Morgan fingerprint density at radius 1 is 1.33 bits per heavy atom. The SMILES string of the molecule is CC1CCCC(CNCc2cc(O)cc(F)c2)C1. The first-order valence-corrected chi connectivity index (χ1v) is 6.82. The van der Waals surface area contributed by atoms with Crippen LogP contribution in [-0.4, -0.2) is 11.7 Å². The third-order valence-corrected chi connectivity index (χ3v) is 3.75. The van der Waals surface area contributed by atoms with E-state index in [4.69, 9.17) is 0 Å². The lowest BCUT2D eigenvalue weighted by Crippen LogP contribution is -2.26. The highest BCUT2D eigenvalue weighted by atomic mass is 19.1. The highest BCUT2D eigenvalue weighted by molar-refractivity contribution is 5.28. The maximum Gasteiger partial charge on any atom is 0.127 e. The Hall–Kier alpha value is -1.09. The molecule has 2 unspecified atom stereocenters. The Morgan fingerprint density at radius 3 is 2.89 bits per heavy atom. The van der Waals surface area contributed by atoms with Crippen molar-refractivity contribution in [3.05, 3.63) is 29.6 Å². The van der Waals surface area contributed by atoms with E-state index in [1.54, 1.807) is 6.07 Å². The molecule has 3 heteroatoms. The summed E-state index contributed by atoms with van der Waals surface area (Å²) in [6.45, 7) is 3.93. The van der Waals surface area contributed by atoms with Crippen LogP contribution < -0.4 is 5.32 Å². The zero-order valence-electron chi connectivity index (χ0n) is 11.0. The van der Waals surface area contributed by atoms with Crippen LogP contribution in [0, 0.1) is 17.7 Å². The lowest BCUT2D eigenvalue weighted by Gasteiger charge is -2.26. The molecule has 0 aromatic heterocycles. The minimum absolute atomic E-state index is 0.00177. The van der Waals surface area contributed by atoms with E-state index in [9.17, 15) is 9.50 Å². The molecule has 18 heavy (non-hydrogen) atoms. The first-order valence-electron chi connectivity index (χ1n) is 6.82. The molecular weight excluding hydrogens is 229 g/mol. The molecule has 0 saturated heterocycles. The number of phenolic OH excluding ortho intramolecular Hbond substituents is 1. The molecule has 1 aromatic carbocycles. The van der Waals surface area contributed by atoms with Crippen LogP contribution in [0.1, 0.15) is 38.2 Å². The Morgan fingerprint density at radius 2 is 2.17 bits per heavy atom. The van der Waals surface area contributed by atoms with E-state index in [0.717, 1.165) is 30.0 Å². The fraction of sp³-hybridized carbons (Fsp3) is 0.600. The van der Waals surface area contributed by atoms with Gasteiger partial charge in [-0.15, -0.1) is 0 Å². The molecule has 2 nitrogen and oxygen atoms in total. The summed E-state index contributed by atoms with van der Waals surface area (Å²) in [5.74, 6) is 1.20. The van der Waals surface area contributed by atoms with E-state index in [1.165, 1.54) is 31.7 Å². The molecule has 0 bridgehead atoms. The molecule has 1 fully saturated rings. The van der Waals surface area contributed by atoms with Crippen molar-refractivity contribution in [2.75, 3.05) is 6.54 Å². The molecular formula is C15H22FNO. The summed E-state index contributed by atoms with van der Waals surface area (Å²) < 4.78 is 13.1. The molecule has 0 aliphatic heterocycles. The van der Waals surface area contributed by atoms with E-state index >= 15 is 0 Å². The van der Waals surface area contributed by atoms with Crippen molar-refractivity contribution >= 4 is 0 Å². The van der Waals surface area contributed by atoms with Crippen LogP contribution in [0.2, 0.25) is 0 Å². The summed E-state index contributed by atoms with van der Waals surface area (Å²) in [4.78, 5) is 0. The third-order valence-electron chi connectivity index (χ3n) is 3.75. The van der Waals surface area contributed by atoms with Gasteiger partial charge in [0.1, 0.15) is 11.6 Å². The molecule has 0 spiro atoms. The van der Waals surface area contributed by atoms with Crippen molar-refractivity contribution in [2.45, 2.75) is 39.2 Å². The number of hydrogen-bond acceptors (Lipinski definition) is 2. The van der Waals surface area contributed by atoms with Gasteiger partial charge in [0.25, 0.3) is 0 Å². The predicted molar refractivity (Wildman–Crippen MR) is 70.9 cm³/mol. The average molecular weight is 251 g/mol. The second-order valence-electron chi connectivity index (χ2n) is 5.59. The van der Waals surface area contributed by atoms with Gasteiger partial charge in [0.2, 0.25) is 0 Å². The first-order chi connectivity index (χ1) is 8.63. The summed E-state index contributed by atoms with van der Waals surface area (Å²) in [6, 6.07) is 4.21. The van der Waals surface area contributed by atoms with Crippen LogP contribution in [0.4, 0.5) is 4.39 Å². The molecule has 1 aliphatic carbocycles. The number of phenols is 1. The monoisotopic (exact) mass is 251 g/mol. The number of benzene rings is 1. The second kappa shape index (κ2) is 6.19. The Labute approximate surface area is 108 Å². The molecule has 100 valence electrons. The van der Waals surface area contributed by atoms with Crippen molar-refractivity contribution in [3.8, 4) is 5.75 Å². The summed E-state index contributed by atoms with van der Waals surface area (Å²) in [5.41, 5.74) is 0.802. The molecule has 1 aliphatic rings. The molecule has 0 radical (unpaired) electrons. The Balaban J connectivity index is 1.77.